The summed E-state index contributed by atoms with van der Waals surface area (Å²) in [6, 6.07) is 12.4. The number of ether oxygens (including phenoxy) is 1. The molecular formula is C22H19FN6O2. The molecule has 1 aliphatic heterocycles. The van der Waals surface area contributed by atoms with Gasteiger partial charge in [-0.1, -0.05) is 30.3 Å². The number of carbonyl (C=O) groups is 1. The smallest absolute Gasteiger partial charge is 0.253 e. The number of fused-ring (bicyclic) bond motifs is 2. The zero-order valence-corrected chi connectivity index (χ0v) is 16.5. The third-order valence-corrected chi connectivity index (χ3v) is 5.23. The Morgan fingerprint density at radius 1 is 1.23 bits per heavy atom. The lowest BCUT2D eigenvalue weighted by molar-refractivity contribution is 0.100. The number of anilines is 1. The van der Waals surface area contributed by atoms with Gasteiger partial charge in [0.1, 0.15) is 11.6 Å². The van der Waals surface area contributed by atoms with E-state index in [0.29, 0.717) is 42.9 Å². The summed E-state index contributed by atoms with van der Waals surface area (Å²) in [7, 11) is 0. The van der Waals surface area contributed by atoms with Gasteiger partial charge in [0.05, 0.1) is 36.2 Å². The molecule has 1 amide bonds. The van der Waals surface area contributed by atoms with Gasteiger partial charge in [0.2, 0.25) is 5.91 Å². The van der Waals surface area contributed by atoms with Crippen LogP contribution in [-0.4, -0.2) is 32.3 Å². The van der Waals surface area contributed by atoms with Gasteiger partial charge in [0.15, 0.2) is 0 Å². The number of rotatable bonds is 5. The highest BCUT2D eigenvalue weighted by Crippen LogP contribution is 2.27. The van der Waals surface area contributed by atoms with Gasteiger partial charge in [-0.2, -0.15) is 14.8 Å². The monoisotopic (exact) mass is 418 g/mol. The number of carbonyl (C=O) groups excluding carboxylic acids is 1. The van der Waals surface area contributed by atoms with Crippen LogP contribution in [0.25, 0.3) is 16.9 Å². The van der Waals surface area contributed by atoms with Crippen molar-refractivity contribution >= 4 is 22.6 Å². The van der Waals surface area contributed by atoms with Gasteiger partial charge in [0.25, 0.3) is 5.95 Å². The van der Waals surface area contributed by atoms with Crippen LogP contribution >= 0.6 is 0 Å². The fourth-order valence-corrected chi connectivity index (χ4v) is 3.72. The Morgan fingerprint density at radius 3 is 2.87 bits per heavy atom. The third-order valence-electron chi connectivity index (χ3n) is 5.23. The second kappa shape index (κ2) is 7.77. The van der Waals surface area contributed by atoms with E-state index in [9.17, 15) is 9.18 Å². The molecule has 0 radical (unpaired) electrons. The van der Waals surface area contributed by atoms with Gasteiger partial charge in [-0.15, -0.1) is 0 Å². The van der Waals surface area contributed by atoms with Gasteiger partial charge < -0.3 is 15.8 Å². The molecule has 0 atom stereocenters. The number of benzene rings is 2. The summed E-state index contributed by atoms with van der Waals surface area (Å²) in [6.45, 7) is 1.53. The fraction of sp³-hybridized carbons (Fsp3) is 0.182. The van der Waals surface area contributed by atoms with Crippen LogP contribution in [0.1, 0.15) is 27.2 Å². The summed E-state index contributed by atoms with van der Waals surface area (Å²) in [4.78, 5) is 21.0. The zero-order valence-electron chi connectivity index (χ0n) is 16.5. The molecule has 0 unspecified atom stereocenters. The molecule has 0 saturated heterocycles. The molecule has 9 heteroatoms. The van der Waals surface area contributed by atoms with E-state index in [1.165, 1.54) is 16.9 Å². The van der Waals surface area contributed by atoms with Gasteiger partial charge in [0, 0.05) is 30.0 Å². The van der Waals surface area contributed by atoms with E-state index >= 15 is 0 Å². The molecule has 156 valence electrons. The van der Waals surface area contributed by atoms with Gasteiger partial charge in [-0.25, -0.2) is 9.37 Å². The molecule has 3 N–H and O–H groups in total. The normalized spacial score (nSPS) is 13.2. The maximum Gasteiger partial charge on any atom is 0.253 e. The van der Waals surface area contributed by atoms with E-state index in [4.69, 9.17) is 10.5 Å². The number of aromatic nitrogens is 4. The number of primary amides is 1. The molecule has 0 bridgehead atoms. The molecule has 0 fully saturated rings. The number of halogens is 1. The Balaban J connectivity index is 1.61. The SMILES string of the molecule is NC(=O)c1cc(F)cc2c1cnn2-c1nc2c(c(NCc3ccccc3)n1)CCOC2. The second-order valence-corrected chi connectivity index (χ2v) is 7.25. The van der Waals surface area contributed by atoms with Crippen molar-refractivity contribution in [1.29, 1.82) is 0 Å². The number of nitrogens with zero attached hydrogens (tertiary/aromatic N) is 4. The maximum absolute atomic E-state index is 14.2. The molecule has 0 aliphatic carbocycles. The summed E-state index contributed by atoms with van der Waals surface area (Å²) in [6.07, 6.45) is 2.15. The highest BCUT2D eigenvalue weighted by Gasteiger charge is 2.21. The summed E-state index contributed by atoms with van der Waals surface area (Å²) in [5, 5.41) is 8.13. The summed E-state index contributed by atoms with van der Waals surface area (Å²) in [5.74, 6) is -0.376. The molecular weight excluding hydrogens is 399 g/mol. The predicted molar refractivity (Wildman–Crippen MR) is 112 cm³/mol. The van der Waals surface area contributed by atoms with E-state index in [1.807, 2.05) is 30.3 Å². The van der Waals surface area contributed by atoms with Crippen molar-refractivity contribution in [3.63, 3.8) is 0 Å². The Morgan fingerprint density at radius 2 is 2.06 bits per heavy atom. The fourth-order valence-electron chi connectivity index (χ4n) is 3.72. The minimum atomic E-state index is -0.728. The first kappa shape index (κ1) is 19.1. The topological polar surface area (TPSA) is 108 Å². The van der Waals surface area contributed by atoms with E-state index in [-0.39, 0.29) is 11.5 Å². The van der Waals surface area contributed by atoms with Crippen molar-refractivity contribution in [2.45, 2.75) is 19.6 Å². The number of hydrogen-bond donors (Lipinski definition) is 2. The standard InChI is InChI=1S/C22H19FN6O2/c23-14-8-16(20(24)30)17-11-26-29(19(17)9-14)22-27-18-12-31-7-6-15(18)21(28-22)25-10-13-4-2-1-3-5-13/h1-5,8-9,11H,6-7,10,12H2,(H2,24,30)(H,25,27,28). The van der Waals surface area contributed by atoms with E-state index in [2.05, 4.69) is 20.4 Å². The minimum Gasteiger partial charge on any atom is -0.375 e. The molecule has 2 aromatic heterocycles. The lowest BCUT2D eigenvalue weighted by Gasteiger charge is -2.20. The summed E-state index contributed by atoms with van der Waals surface area (Å²) in [5.41, 5.74) is 8.68. The number of amides is 1. The van der Waals surface area contributed by atoms with Crippen LogP contribution < -0.4 is 11.1 Å². The number of nitrogens with one attached hydrogen (secondary N) is 1. The molecule has 31 heavy (non-hydrogen) atoms. The quantitative estimate of drug-likeness (QED) is 0.516. The first-order valence-corrected chi connectivity index (χ1v) is 9.83. The Bertz CT molecular complexity index is 1290. The van der Waals surface area contributed by atoms with Gasteiger partial charge >= 0.3 is 0 Å². The van der Waals surface area contributed by atoms with Crippen LogP contribution in [0.2, 0.25) is 0 Å². The van der Waals surface area contributed by atoms with Crippen molar-refractivity contribution in [3.05, 3.63) is 76.9 Å². The number of nitrogens with two attached hydrogens (primary N) is 1. The molecule has 8 nitrogen and oxygen atoms in total. The average molecular weight is 418 g/mol. The van der Waals surface area contributed by atoms with Gasteiger partial charge in [-0.3, -0.25) is 4.79 Å². The maximum atomic E-state index is 14.2. The molecule has 0 saturated carbocycles. The van der Waals surface area contributed by atoms with E-state index in [0.717, 1.165) is 22.9 Å². The van der Waals surface area contributed by atoms with Gasteiger partial charge in [-0.05, 0) is 11.6 Å². The van der Waals surface area contributed by atoms with Crippen LogP contribution in [-0.2, 0) is 24.3 Å². The van der Waals surface area contributed by atoms with Crippen LogP contribution in [0, 0.1) is 5.82 Å². The Kier molecular flexibility index (Phi) is 4.79. The van der Waals surface area contributed by atoms with E-state index in [1.54, 1.807) is 0 Å². The molecule has 2 aromatic carbocycles. The Hall–Kier alpha value is -3.85. The first-order chi connectivity index (χ1) is 15.1. The number of hydrogen-bond acceptors (Lipinski definition) is 6. The van der Waals surface area contributed by atoms with Crippen molar-refractivity contribution < 1.29 is 13.9 Å². The molecule has 3 heterocycles. The highest BCUT2D eigenvalue weighted by atomic mass is 19.1. The van der Waals surface area contributed by atoms with Crippen molar-refractivity contribution in [1.82, 2.24) is 19.7 Å². The van der Waals surface area contributed by atoms with E-state index < -0.39 is 11.7 Å². The highest BCUT2D eigenvalue weighted by molar-refractivity contribution is 6.05. The van der Waals surface area contributed by atoms with Crippen LogP contribution in [0.15, 0.2) is 48.7 Å². The third kappa shape index (κ3) is 3.59. The zero-order chi connectivity index (χ0) is 21.4. The Labute approximate surface area is 176 Å². The van der Waals surface area contributed by atoms with Crippen LogP contribution in [0.3, 0.4) is 0 Å². The van der Waals surface area contributed by atoms with Crippen molar-refractivity contribution in [2.75, 3.05) is 11.9 Å². The first-order valence-electron chi connectivity index (χ1n) is 9.83. The summed E-state index contributed by atoms with van der Waals surface area (Å²) < 4.78 is 21.2. The second-order valence-electron chi connectivity index (χ2n) is 7.25. The molecule has 0 spiro atoms. The van der Waals surface area contributed by atoms with Crippen molar-refractivity contribution in [3.8, 4) is 5.95 Å². The largest absolute Gasteiger partial charge is 0.375 e. The van der Waals surface area contributed by atoms with Crippen LogP contribution in [0.4, 0.5) is 10.2 Å². The minimum absolute atomic E-state index is 0.0602. The van der Waals surface area contributed by atoms with Crippen LogP contribution in [0.5, 0.6) is 0 Å². The molecule has 5 rings (SSSR count). The lowest BCUT2D eigenvalue weighted by Crippen LogP contribution is -2.19. The lowest BCUT2D eigenvalue weighted by atomic mass is 10.1. The van der Waals surface area contributed by atoms with Crippen molar-refractivity contribution in [2.24, 2.45) is 5.73 Å². The molecule has 1 aliphatic rings. The average Bonchev–Trinajstić information content (AvgIpc) is 3.21. The molecule has 4 aromatic rings. The summed E-state index contributed by atoms with van der Waals surface area (Å²) >= 11 is 0. The predicted octanol–water partition coefficient (Wildman–Crippen LogP) is 2.74.